The third kappa shape index (κ3) is 2.96. The molecule has 0 atom stereocenters. The van der Waals surface area contributed by atoms with Crippen LogP contribution in [0.15, 0.2) is 0 Å². The van der Waals surface area contributed by atoms with Crippen LogP contribution in [0.25, 0.3) is 0 Å². The Morgan fingerprint density at radius 3 is 2.24 bits per heavy atom. The number of aromatic amines is 1. The Kier molecular flexibility index (Phi) is 4.40. The molecule has 1 aliphatic heterocycles. The molecular formula is C16H24N2O3. The first-order valence-electron chi connectivity index (χ1n) is 7.54. The Morgan fingerprint density at radius 1 is 1.24 bits per heavy atom. The lowest BCUT2D eigenvalue weighted by atomic mass is 9.86. The number of aryl methyl sites for hydroxylation is 1. The largest absolute Gasteiger partial charge is 0.477 e. The van der Waals surface area contributed by atoms with Crippen LogP contribution >= 0.6 is 0 Å². The van der Waals surface area contributed by atoms with Crippen LogP contribution in [0.5, 0.6) is 0 Å². The summed E-state index contributed by atoms with van der Waals surface area (Å²) in [5, 5.41) is 9.14. The van der Waals surface area contributed by atoms with Crippen LogP contribution in [0.2, 0.25) is 0 Å². The van der Waals surface area contributed by atoms with E-state index in [0.29, 0.717) is 28.7 Å². The molecule has 0 bridgehead atoms. The number of nitrogens with zero attached hydrogens (tertiary/aromatic N) is 1. The molecule has 1 aromatic rings. The molecule has 1 amide bonds. The maximum atomic E-state index is 12.7. The molecule has 0 saturated carbocycles. The van der Waals surface area contributed by atoms with Gasteiger partial charge in [-0.1, -0.05) is 13.8 Å². The van der Waals surface area contributed by atoms with Crippen LogP contribution in [-0.4, -0.2) is 40.0 Å². The van der Waals surface area contributed by atoms with Crippen molar-refractivity contribution in [2.24, 2.45) is 11.8 Å². The Balaban J connectivity index is 2.17. The molecule has 2 N–H and O–H groups in total. The van der Waals surface area contributed by atoms with Crippen molar-refractivity contribution in [2.75, 3.05) is 13.1 Å². The average Bonchev–Trinajstić information content (AvgIpc) is 2.73. The zero-order valence-corrected chi connectivity index (χ0v) is 13.2. The summed E-state index contributed by atoms with van der Waals surface area (Å²) in [5.74, 6) is 0.262. The van der Waals surface area contributed by atoms with Gasteiger partial charge < -0.3 is 15.0 Å². The number of carbonyl (C=O) groups is 2. The van der Waals surface area contributed by atoms with Crippen molar-refractivity contribution in [1.29, 1.82) is 0 Å². The zero-order chi connectivity index (χ0) is 15.7. The normalized spacial score (nSPS) is 16.5. The van der Waals surface area contributed by atoms with Crippen molar-refractivity contribution >= 4 is 11.9 Å². The second kappa shape index (κ2) is 5.92. The second-order valence-corrected chi connectivity index (χ2v) is 6.30. The highest BCUT2D eigenvalue weighted by molar-refractivity contribution is 6.00. The minimum atomic E-state index is -1.02. The molecular weight excluding hydrogens is 268 g/mol. The Bertz CT molecular complexity index is 552. The number of likely N-dealkylation sites (tertiary alicyclic amines) is 1. The molecule has 116 valence electrons. The van der Waals surface area contributed by atoms with E-state index in [1.54, 1.807) is 13.8 Å². The fourth-order valence-corrected chi connectivity index (χ4v) is 3.21. The highest BCUT2D eigenvalue weighted by Crippen LogP contribution is 2.27. The average molecular weight is 292 g/mol. The molecule has 0 aliphatic carbocycles. The van der Waals surface area contributed by atoms with Gasteiger partial charge >= 0.3 is 5.97 Å². The van der Waals surface area contributed by atoms with Gasteiger partial charge in [0.05, 0.1) is 5.56 Å². The summed E-state index contributed by atoms with van der Waals surface area (Å²) >= 11 is 0. The monoisotopic (exact) mass is 292 g/mol. The second-order valence-electron chi connectivity index (χ2n) is 6.30. The number of carboxylic acid groups (broad SMARTS) is 1. The van der Waals surface area contributed by atoms with Crippen LogP contribution in [0.1, 0.15) is 58.8 Å². The van der Waals surface area contributed by atoms with Gasteiger partial charge in [0.15, 0.2) is 0 Å². The Labute approximate surface area is 125 Å². The molecule has 2 heterocycles. The highest BCUT2D eigenvalue weighted by Gasteiger charge is 2.29. The summed E-state index contributed by atoms with van der Waals surface area (Å²) < 4.78 is 0. The fraction of sp³-hybridized carbons (Fsp3) is 0.625. The maximum Gasteiger partial charge on any atom is 0.352 e. The van der Waals surface area contributed by atoms with Crippen LogP contribution < -0.4 is 0 Å². The standard InChI is InChI=1S/C16H24N2O3/c1-9(2)12-5-7-18(8-6-12)15(19)13-10(3)14(16(20)21)17-11(13)4/h9,12,17H,5-8H2,1-4H3,(H,20,21). The molecule has 1 aromatic heterocycles. The van der Waals surface area contributed by atoms with Gasteiger partial charge in [-0.05, 0) is 44.1 Å². The lowest BCUT2D eigenvalue weighted by molar-refractivity contribution is 0.0666. The SMILES string of the molecule is Cc1[nH]c(C(=O)O)c(C)c1C(=O)N1CCC(C(C)C)CC1. The van der Waals surface area contributed by atoms with E-state index in [4.69, 9.17) is 5.11 Å². The molecule has 2 rings (SSSR count). The van der Waals surface area contributed by atoms with Gasteiger partial charge in [0.25, 0.3) is 5.91 Å². The summed E-state index contributed by atoms with van der Waals surface area (Å²) in [6.45, 7) is 9.42. The number of carbonyl (C=O) groups excluding carboxylic acids is 1. The topological polar surface area (TPSA) is 73.4 Å². The number of aromatic carboxylic acids is 1. The van der Waals surface area contributed by atoms with Gasteiger partial charge in [-0.2, -0.15) is 0 Å². The highest BCUT2D eigenvalue weighted by atomic mass is 16.4. The van der Waals surface area contributed by atoms with Crippen molar-refractivity contribution in [2.45, 2.75) is 40.5 Å². The van der Waals surface area contributed by atoms with Gasteiger partial charge in [0.1, 0.15) is 5.69 Å². The number of piperidine rings is 1. The molecule has 21 heavy (non-hydrogen) atoms. The molecule has 1 fully saturated rings. The number of carboxylic acids is 1. The van der Waals surface area contributed by atoms with E-state index in [-0.39, 0.29) is 11.6 Å². The first-order chi connectivity index (χ1) is 9.82. The summed E-state index contributed by atoms with van der Waals surface area (Å²) in [6.07, 6.45) is 2.05. The molecule has 0 unspecified atom stereocenters. The fourth-order valence-electron chi connectivity index (χ4n) is 3.21. The summed E-state index contributed by atoms with van der Waals surface area (Å²) in [5.41, 5.74) is 1.82. The van der Waals surface area contributed by atoms with Crippen molar-refractivity contribution < 1.29 is 14.7 Å². The van der Waals surface area contributed by atoms with Crippen molar-refractivity contribution in [3.8, 4) is 0 Å². The van der Waals surface area contributed by atoms with Crippen LogP contribution in [0, 0.1) is 25.7 Å². The molecule has 0 spiro atoms. The smallest absolute Gasteiger partial charge is 0.352 e. The van der Waals surface area contributed by atoms with E-state index in [1.807, 2.05) is 4.90 Å². The van der Waals surface area contributed by atoms with Gasteiger partial charge in [-0.15, -0.1) is 0 Å². The van der Waals surface area contributed by atoms with Gasteiger partial charge in [0, 0.05) is 18.8 Å². The number of H-pyrrole nitrogens is 1. The summed E-state index contributed by atoms with van der Waals surface area (Å²) in [4.78, 5) is 28.5. The number of nitrogens with one attached hydrogen (secondary N) is 1. The quantitative estimate of drug-likeness (QED) is 0.899. The van der Waals surface area contributed by atoms with Crippen molar-refractivity contribution in [3.05, 3.63) is 22.5 Å². The first kappa shape index (κ1) is 15.6. The van der Waals surface area contributed by atoms with E-state index in [1.165, 1.54) is 0 Å². The minimum Gasteiger partial charge on any atom is -0.477 e. The van der Waals surface area contributed by atoms with E-state index in [0.717, 1.165) is 25.9 Å². The van der Waals surface area contributed by atoms with Crippen LogP contribution in [0.4, 0.5) is 0 Å². The molecule has 5 heteroatoms. The van der Waals surface area contributed by atoms with Gasteiger partial charge in [-0.25, -0.2) is 4.79 Å². The predicted molar refractivity (Wildman–Crippen MR) is 80.7 cm³/mol. The van der Waals surface area contributed by atoms with E-state index in [9.17, 15) is 9.59 Å². The Morgan fingerprint density at radius 2 is 1.81 bits per heavy atom. The molecule has 0 aromatic carbocycles. The molecule has 1 saturated heterocycles. The number of hydrogen-bond donors (Lipinski definition) is 2. The lowest BCUT2D eigenvalue weighted by Crippen LogP contribution is -2.39. The third-order valence-corrected chi connectivity index (χ3v) is 4.63. The number of aromatic nitrogens is 1. The van der Waals surface area contributed by atoms with Gasteiger partial charge in [-0.3, -0.25) is 4.79 Å². The number of hydrogen-bond acceptors (Lipinski definition) is 2. The summed E-state index contributed by atoms with van der Waals surface area (Å²) in [6, 6.07) is 0. The molecule has 0 radical (unpaired) electrons. The summed E-state index contributed by atoms with van der Waals surface area (Å²) in [7, 11) is 0. The van der Waals surface area contributed by atoms with Crippen molar-refractivity contribution in [3.63, 3.8) is 0 Å². The maximum absolute atomic E-state index is 12.7. The van der Waals surface area contributed by atoms with Crippen LogP contribution in [0.3, 0.4) is 0 Å². The number of rotatable bonds is 3. The first-order valence-corrected chi connectivity index (χ1v) is 7.54. The lowest BCUT2D eigenvalue weighted by Gasteiger charge is -2.34. The Hall–Kier alpha value is -1.78. The van der Waals surface area contributed by atoms with Gasteiger partial charge in [0.2, 0.25) is 0 Å². The van der Waals surface area contributed by atoms with E-state index in [2.05, 4.69) is 18.8 Å². The zero-order valence-electron chi connectivity index (χ0n) is 13.2. The molecule has 5 nitrogen and oxygen atoms in total. The third-order valence-electron chi connectivity index (χ3n) is 4.63. The minimum absolute atomic E-state index is 0.0454. The number of amides is 1. The van der Waals surface area contributed by atoms with E-state index < -0.39 is 5.97 Å². The van der Waals surface area contributed by atoms with Crippen molar-refractivity contribution in [1.82, 2.24) is 9.88 Å². The molecule has 1 aliphatic rings. The van der Waals surface area contributed by atoms with E-state index >= 15 is 0 Å². The van der Waals surface area contributed by atoms with Crippen LogP contribution in [-0.2, 0) is 0 Å². The predicted octanol–water partition coefficient (Wildman–Crippen LogP) is 2.84.